The second-order valence-corrected chi connectivity index (χ2v) is 3.59. The maximum Gasteiger partial charge on any atom is 0.516 e. The van der Waals surface area contributed by atoms with Gasteiger partial charge >= 0.3 is 12.1 Å². The molecule has 0 aliphatic carbocycles. The van der Waals surface area contributed by atoms with Gasteiger partial charge in [0.05, 0.1) is 6.10 Å². The van der Waals surface area contributed by atoms with Gasteiger partial charge in [-0.15, -0.1) is 0 Å². The van der Waals surface area contributed by atoms with E-state index in [1.807, 2.05) is 18.9 Å². The summed E-state index contributed by atoms with van der Waals surface area (Å²) in [7, 11) is 1.92. The van der Waals surface area contributed by atoms with Crippen LogP contribution in [0.25, 0.3) is 0 Å². The van der Waals surface area contributed by atoms with Crippen molar-refractivity contribution in [2.45, 2.75) is 26.9 Å². The van der Waals surface area contributed by atoms with Crippen molar-refractivity contribution in [2.75, 3.05) is 20.1 Å². The van der Waals surface area contributed by atoms with E-state index in [-0.39, 0.29) is 6.10 Å². The minimum atomic E-state index is -0.964. The van der Waals surface area contributed by atoms with Crippen molar-refractivity contribution >= 4 is 12.1 Å². The molecule has 0 atom stereocenters. The average Bonchev–Trinajstić information content (AvgIpc) is 2.15. The van der Waals surface area contributed by atoms with Crippen molar-refractivity contribution in [3.63, 3.8) is 0 Å². The lowest BCUT2D eigenvalue weighted by molar-refractivity contribution is -0.134. The summed E-state index contributed by atoms with van der Waals surface area (Å²) < 4.78 is 9.01. The fourth-order valence-electron chi connectivity index (χ4n) is 0.791. The number of carbonyl (C=O) groups excluding carboxylic acids is 2. The Morgan fingerprint density at radius 2 is 2.00 bits per heavy atom. The van der Waals surface area contributed by atoms with Gasteiger partial charge in [0.15, 0.2) is 0 Å². The van der Waals surface area contributed by atoms with Crippen LogP contribution in [0.3, 0.4) is 0 Å². The van der Waals surface area contributed by atoms with Crippen LogP contribution in [0.1, 0.15) is 20.8 Å². The number of carbonyl (C=O) groups is 2. The predicted molar refractivity (Wildman–Crippen MR) is 60.0 cm³/mol. The van der Waals surface area contributed by atoms with Crippen LogP contribution in [0.5, 0.6) is 0 Å². The number of ether oxygens (including phenoxy) is 2. The van der Waals surface area contributed by atoms with Crippen molar-refractivity contribution < 1.29 is 19.1 Å². The van der Waals surface area contributed by atoms with Crippen molar-refractivity contribution in [1.29, 1.82) is 0 Å². The first kappa shape index (κ1) is 14.6. The normalized spacial score (nSPS) is 11.1. The monoisotopic (exact) mass is 229 g/mol. The van der Waals surface area contributed by atoms with Crippen molar-refractivity contribution in [3.05, 3.63) is 12.2 Å². The summed E-state index contributed by atoms with van der Waals surface area (Å²) in [5.74, 6) is -0.713. The highest BCUT2D eigenvalue weighted by molar-refractivity contribution is 5.89. The van der Waals surface area contributed by atoms with Crippen LogP contribution in [-0.4, -0.2) is 43.3 Å². The molecule has 0 rings (SSSR count). The zero-order chi connectivity index (χ0) is 12.6. The van der Waals surface area contributed by atoms with Crippen LogP contribution >= 0.6 is 0 Å². The Bertz CT molecular complexity index is 261. The fourth-order valence-corrected chi connectivity index (χ4v) is 0.791. The van der Waals surface area contributed by atoms with Gasteiger partial charge in [0.25, 0.3) is 0 Å². The van der Waals surface area contributed by atoms with Gasteiger partial charge in [-0.25, -0.2) is 9.59 Å². The van der Waals surface area contributed by atoms with E-state index in [0.717, 1.165) is 6.54 Å². The van der Waals surface area contributed by atoms with E-state index in [0.29, 0.717) is 6.54 Å². The third kappa shape index (κ3) is 7.99. The fraction of sp³-hybridized carbons (Fsp3) is 0.636. The van der Waals surface area contributed by atoms with Crippen molar-refractivity contribution in [2.24, 2.45) is 0 Å². The summed E-state index contributed by atoms with van der Waals surface area (Å²) in [6, 6.07) is 0. The molecule has 0 spiro atoms. The molecule has 5 heteroatoms. The first-order chi connectivity index (χ1) is 7.45. The Labute approximate surface area is 96.0 Å². The molecule has 5 nitrogen and oxygen atoms in total. The van der Waals surface area contributed by atoms with Crippen LogP contribution in [0, 0.1) is 0 Å². The van der Waals surface area contributed by atoms with E-state index < -0.39 is 12.1 Å². The molecule has 0 bridgehead atoms. The first-order valence-electron chi connectivity index (χ1n) is 5.23. The number of rotatable bonds is 5. The number of likely N-dealkylation sites (N-methyl/N-ethyl adjacent to an activating group) is 1. The van der Waals surface area contributed by atoms with Crippen LogP contribution < -0.4 is 0 Å². The van der Waals surface area contributed by atoms with E-state index in [1.165, 1.54) is 6.08 Å². The summed E-state index contributed by atoms with van der Waals surface area (Å²) >= 11 is 0. The zero-order valence-electron chi connectivity index (χ0n) is 10.2. The summed E-state index contributed by atoms with van der Waals surface area (Å²) in [4.78, 5) is 24.0. The van der Waals surface area contributed by atoms with Gasteiger partial charge in [-0.3, -0.25) is 0 Å². The second kappa shape index (κ2) is 7.87. The largest absolute Gasteiger partial charge is 0.516 e. The molecule has 0 fully saturated rings. The lowest BCUT2D eigenvalue weighted by Crippen LogP contribution is -2.18. The molecular formula is C11H19NO4. The van der Waals surface area contributed by atoms with E-state index in [9.17, 15) is 9.59 Å². The molecule has 0 N–H and O–H groups in total. The number of hydrogen-bond acceptors (Lipinski definition) is 5. The summed E-state index contributed by atoms with van der Waals surface area (Å²) in [6.07, 6.45) is 1.59. The second-order valence-electron chi connectivity index (χ2n) is 3.59. The van der Waals surface area contributed by atoms with Crippen molar-refractivity contribution in [3.8, 4) is 0 Å². The maximum absolute atomic E-state index is 11.1. The molecule has 0 aliphatic rings. The molecule has 0 saturated heterocycles. The van der Waals surface area contributed by atoms with Gasteiger partial charge < -0.3 is 14.4 Å². The maximum atomic E-state index is 11.1. The Morgan fingerprint density at radius 3 is 2.50 bits per heavy atom. The standard InChI is InChI=1S/C11H19NO4/c1-5-12(4)8-6-7-10(13)16-11(14)15-9(2)3/h6-7,9H,5,8H2,1-4H3/b7-6+. The Morgan fingerprint density at radius 1 is 1.38 bits per heavy atom. The van der Waals surface area contributed by atoms with Crippen LogP contribution in [0.15, 0.2) is 12.2 Å². The van der Waals surface area contributed by atoms with Crippen molar-refractivity contribution in [1.82, 2.24) is 4.90 Å². The summed E-state index contributed by atoms with van der Waals surface area (Å²) in [5.41, 5.74) is 0. The highest BCUT2D eigenvalue weighted by atomic mass is 16.7. The lowest BCUT2D eigenvalue weighted by Gasteiger charge is -2.09. The number of hydrogen-bond donors (Lipinski definition) is 0. The lowest BCUT2D eigenvalue weighted by atomic mass is 10.4. The molecule has 0 aromatic carbocycles. The van der Waals surface area contributed by atoms with E-state index in [4.69, 9.17) is 0 Å². The molecule has 0 unspecified atom stereocenters. The molecule has 0 radical (unpaired) electrons. The Balaban J connectivity index is 3.85. The van der Waals surface area contributed by atoms with E-state index in [1.54, 1.807) is 19.9 Å². The smallest absolute Gasteiger partial charge is 0.431 e. The number of esters is 1. The third-order valence-corrected chi connectivity index (χ3v) is 1.73. The molecule has 0 aromatic heterocycles. The molecule has 0 aliphatic heterocycles. The van der Waals surface area contributed by atoms with Gasteiger partial charge in [-0.2, -0.15) is 0 Å². The highest BCUT2D eigenvalue weighted by Gasteiger charge is 2.10. The summed E-state index contributed by atoms with van der Waals surface area (Å²) in [5, 5.41) is 0. The highest BCUT2D eigenvalue weighted by Crippen LogP contribution is 1.94. The molecule has 92 valence electrons. The van der Waals surface area contributed by atoms with E-state index in [2.05, 4.69) is 9.47 Å². The average molecular weight is 229 g/mol. The number of nitrogens with zero attached hydrogens (tertiary/aromatic N) is 1. The van der Waals surface area contributed by atoms with Gasteiger partial charge in [0, 0.05) is 12.6 Å². The molecule has 0 saturated carbocycles. The Hall–Kier alpha value is -1.36. The zero-order valence-corrected chi connectivity index (χ0v) is 10.2. The molecular weight excluding hydrogens is 210 g/mol. The molecule has 0 aromatic rings. The van der Waals surface area contributed by atoms with Crippen LogP contribution in [0.4, 0.5) is 4.79 Å². The van der Waals surface area contributed by atoms with Gasteiger partial charge in [-0.1, -0.05) is 13.0 Å². The molecule has 0 heterocycles. The minimum absolute atomic E-state index is 0.296. The quantitative estimate of drug-likeness (QED) is 0.407. The third-order valence-electron chi connectivity index (χ3n) is 1.73. The predicted octanol–water partition coefficient (Wildman–Crippen LogP) is 1.58. The minimum Gasteiger partial charge on any atom is -0.431 e. The van der Waals surface area contributed by atoms with Gasteiger partial charge in [0.1, 0.15) is 0 Å². The first-order valence-corrected chi connectivity index (χ1v) is 5.23. The summed E-state index contributed by atoms with van der Waals surface area (Å²) in [6.45, 7) is 6.88. The SMILES string of the molecule is CCN(C)C/C=C/C(=O)OC(=O)OC(C)C. The van der Waals surface area contributed by atoms with Crippen LogP contribution in [0.2, 0.25) is 0 Å². The van der Waals surface area contributed by atoms with Gasteiger partial charge in [0.2, 0.25) is 0 Å². The van der Waals surface area contributed by atoms with E-state index >= 15 is 0 Å². The molecule has 16 heavy (non-hydrogen) atoms. The topological polar surface area (TPSA) is 55.8 Å². The Kier molecular flexibility index (Phi) is 7.20. The van der Waals surface area contributed by atoms with Crippen LogP contribution in [-0.2, 0) is 14.3 Å². The van der Waals surface area contributed by atoms with Gasteiger partial charge in [-0.05, 0) is 27.4 Å². The molecule has 0 amide bonds.